The van der Waals surface area contributed by atoms with Crippen LogP contribution in [0.15, 0.2) is 47.4 Å². The van der Waals surface area contributed by atoms with Crippen molar-refractivity contribution < 1.29 is 46.0 Å². The fourth-order valence-electron chi connectivity index (χ4n) is 3.90. The van der Waals surface area contributed by atoms with Crippen molar-refractivity contribution in [1.29, 1.82) is 0 Å². The third-order valence-electron chi connectivity index (χ3n) is 5.64. The van der Waals surface area contributed by atoms with Gasteiger partial charge in [-0.05, 0) is 55.2 Å². The minimum absolute atomic E-state index is 0.0860. The summed E-state index contributed by atoms with van der Waals surface area (Å²) in [6.45, 7) is -0.772. The normalized spacial score (nSPS) is 13.3. The summed E-state index contributed by atoms with van der Waals surface area (Å²) in [7, 11) is -4.85. The van der Waals surface area contributed by atoms with Gasteiger partial charge in [0.05, 0.1) is 16.1 Å². The molecule has 4 rings (SSSR count). The second-order valence-corrected chi connectivity index (χ2v) is 9.86. The fourth-order valence-corrected chi connectivity index (χ4v) is 4.45. The molecule has 0 saturated heterocycles. The largest absolute Gasteiger partial charge is 0.471 e. The van der Waals surface area contributed by atoms with Gasteiger partial charge in [0, 0.05) is 23.5 Å². The average molecular weight is 577 g/mol. The maximum absolute atomic E-state index is 14.1. The number of phosphoric ester groups is 1. The Morgan fingerprint density at radius 2 is 1.82 bits per heavy atom. The van der Waals surface area contributed by atoms with Crippen LogP contribution >= 0.6 is 19.4 Å². The number of alkyl halides is 3. The Bertz CT molecular complexity index is 1520. The average Bonchev–Trinajstić information content (AvgIpc) is 3.31. The number of anilines is 1. The second kappa shape index (κ2) is 10.5. The number of aromatic nitrogens is 1. The highest BCUT2D eigenvalue weighted by Crippen LogP contribution is 2.42. The van der Waals surface area contributed by atoms with Gasteiger partial charge in [0.2, 0.25) is 0 Å². The van der Waals surface area contributed by atoms with Gasteiger partial charge in [-0.15, -0.1) is 0 Å². The number of nitrogens with zero attached hydrogens (tertiary/aromatic N) is 1. The van der Waals surface area contributed by atoms with Crippen LogP contribution < -0.4 is 15.6 Å². The van der Waals surface area contributed by atoms with Crippen LogP contribution in [0.25, 0.3) is 0 Å². The molecule has 9 nitrogen and oxygen atoms in total. The molecule has 1 aromatic heterocycles. The predicted molar refractivity (Wildman–Crippen MR) is 127 cm³/mol. The SMILES string of the molecule is O=C(Nc1ccn(COP(=O)(O)O)c(=O)c1)c1cc(Cl)c(C(F)(F)F)cc1Oc1ccc(F)c2c1CCC2. The van der Waals surface area contributed by atoms with E-state index in [4.69, 9.17) is 26.1 Å². The van der Waals surface area contributed by atoms with E-state index in [9.17, 15) is 31.7 Å². The number of phosphoric acid groups is 1. The quantitative estimate of drug-likeness (QED) is 0.259. The number of fused-ring (bicyclic) bond motifs is 1. The Morgan fingerprint density at radius 1 is 1.11 bits per heavy atom. The highest BCUT2D eigenvalue weighted by Gasteiger charge is 2.35. The van der Waals surface area contributed by atoms with E-state index in [0.29, 0.717) is 36.5 Å². The topological polar surface area (TPSA) is 127 Å². The smallest absolute Gasteiger partial charge is 0.456 e. The predicted octanol–water partition coefficient (Wildman–Crippen LogP) is 5.26. The number of pyridine rings is 1. The summed E-state index contributed by atoms with van der Waals surface area (Å²) in [5, 5.41) is 1.57. The zero-order valence-corrected chi connectivity index (χ0v) is 20.7. The molecule has 2 aromatic carbocycles. The first kappa shape index (κ1) is 27.8. The molecule has 0 radical (unpaired) electrons. The molecule has 202 valence electrons. The van der Waals surface area contributed by atoms with Gasteiger partial charge >= 0.3 is 14.0 Å². The van der Waals surface area contributed by atoms with Crippen LogP contribution in [0.5, 0.6) is 11.5 Å². The van der Waals surface area contributed by atoms with Crippen LogP contribution in [0, 0.1) is 5.82 Å². The lowest BCUT2D eigenvalue weighted by atomic mass is 10.1. The molecule has 15 heteroatoms. The van der Waals surface area contributed by atoms with Gasteiger partial charge in [0.15, 0.2) is 0 Å². The van der Waals surface area contributed by atoms with E-state index in [-0.39, 0.29) is 11.4 Å². The van der Waals surface area contributed by atoms with Gasteiger partial charge in [-0.1, -0.05) is 11.6 Å². The third kappa shape index (κ3) is 6.25. The molecule has 0 spiro atoms. The number of hydrogen-bond acceptors (Lipinski definition) is 5. The number of nitrogens with one attached hydrogen (secondary N) is 1. The van der Waals surface area contributed by atoms with Gasteiger partial charge in [-0.2, -0.15) is 13.2 Å². The monoisotopic (exact) mass is 576 g/mol. The number of rotatable bonds is 7. The van der Waals surface area contributed by atoms with Gasteiger partial charge in [-0.25, -0.2) is 8.96 Å². The van der Waals surface area contributed by atoms with Crippen molar-refractivity contribution in [1.82, 2.24) is 4.57 Å². The summed E-state index contributed by atoms with van der Waals surface area (Å²) in [4.78, 5) is 42.8. The van der Waals surface area contributed by atoms with E-state index >= 15 is 0 Å². The summed E-state index contributed by atoms with van der Waals surface area (Å²) in [5.74, 6) is -1.84. The Balaban J connectivity index is 1.67. The zero-order valence-electron chi connectivity index (χ0n) is 19.1. The molecule has 1 aliphatic carbocycles. The van der Waals surface area contributed by atoms with Crippen molar-refractivity contribution in [3.63, 3.8) is 0 Å². The number of amides is 1. The van der Waals surface area contributed by atoms with Crippen molar-refractivity contribution in [2.45, 2.75) is 32.2 Å². The minimum Gasteiger partial charge on any atom is -0.456 e. The summed E-state index contributed by atoms with van der Waals surface area (Å²) >= 11 is 5.83. The molecular weight excluding hydrogens is 559 g/mol. The van der Waals surface area contributed by atoms with Gasteiger partial charge < -0.3 is 19.8 Å². The lowest BCUT2D eigenvalue weighted by molar-refractivity contribution is -0.137. The molecule has 0 atom stereocenters. The molecule has 0 bridgehead atoms. The molecule has 38 heavy (non-hydrogen) atoms. The van der Waals surface area contributed by atoms with Crippen LogP contribution in [0.2, 0.25) is 5.02 Å². The van der Waals surface area contributed by atoms with Crippen LogP contribution in [0.3, 0.4) is 0 Å². The first-order valence-corrected chi connectivity index (χ1v) is 12.7. The summed E-state index contributed by atoms with van der Waals surface area (Å²) < 4.78 is 76.4. The van der Waals surface area contributed by atoms with Crippen molar-refractivity contribution in [3.8, 4) is 11.5 Å². The van der Waals surface area contributed by atoms with Gasteiger partial charge in [0.1, 0.15) is 24.0 Å². The fraction of sp³-hybridized carbons (Fsp3) is 0.217. The molecule has 3 aromatic rings. The van der Waals surface area contributed by atoms with Crippen LogP contribution in [0.4, 0.5) is 23.2 Å². The van der Waals surface area contributed by atoms with Crippen LogP contribution in [-0.4, -0.2) is 20.3 Å². The van der Waals surface area contributed by atoms with E-state index < -0.39 is 59.9 Å². The van der Waals surface area contributed by atoms with Gasteiger partial charge in [-0.3, -0.25) is 18.7 Å². The van der Waals surface area contributed by atoms with E-state index in [1.54, 1.807) is 0 Å². The number of halogens is 5. The third-order valence-corrected chi connectivity index (χ3v) is 6.41. The molecule has 0 aliphatic heterocycles. The van der Waals surface area contributed by atoms with Crippen molar-refractivity contribution >= 4 is 31.0 Å². The number of carbonyl (C=O) groups excluding carboxylic acids is 1. The van der Waals surface area contributed by atoms with Crippen molar-refractivity contribution in [2.75, 3.05) is 5.32 Å². The van der Waals surface area contributed by atoms with Crippen LogP contribution in [0.1, 0.15) is 33.5 Å². The number of carbonyl (C=O) groups is 1. The highest BCUT2D eigenvalue weighted by atomic mass is 35.5. The Kier molecular flexibility index (Phi) is 7.69. The molecule has 1 amide bonds. The molecule has 1 aliphatic rings. The van der Waals surface area contributed by atoms with E-state index in [0.717, 1.165) is 29.0 Å². The van der Waals surface area contributed by atoms with Crippen molar-refractivity contribution in [3.05, 3.63) is 86.0 Å². The Hall–Kier alpha value is -3.22. The van der Waals surface area contributed by atoms with Crippen LogP contribution in [-0.2, 0) is 34.8 Å². The van der Waals surface area contributed by atoms with E-state index in [1.807, 2.05) is 0 Å². The highest BCUT2D eigenvalue weighted by molar-refractivity contribution is 7.46. The van der Waals surface area contributed by atoms with Gasteiger partial charge in [0.25, 0.3) is 11.5 Å². The number of hydrogen-bond donors (Lipinski definition) is 3. The first-order valence-electron chi connectivity index (χ1n) is 10.8. The number of ether oxygens (including phenoxy) is 1. The summed E-state index contributed by atoms with van der Waals surface area (Å²) in [5.41, 5.74) is -1.66. The van der Waals surface area contributed by atoms with E-state index in [2.05, 4.69) is 9.84 Å². The molecule has 1 heterocycles. The molecule has 0 fully saturated rings. The summed E-state index contributed by atoms with van der Waals surface area (Å²) in [6.07, 6.45) is -2.29. The maximum atomic E-state index is 14.1. The first-order chi connectivity index (χ1) is 17.7. The second-order valence-electron chi connectivity index (χ2n) is 8.21. The summed E-state index contributed by atoms with van der Waals surface area (Å²) in [6, 6.07) is 5.84. The molecule has 0 saturated carbocycles. The lowest BCUT2D eigenvalue weighted by Crippen LogP contribution is -2.22. The standard InChI is InChI=1S/C23H18ClF4N2O7P/c24-17-9-15(22(32)29-12-6-7-30(21(31)8-12)11-36-38(33,34)35)20(10-16(17)23(26,27)28)37-19-5-4-18(25)13-2-1-3-14(13)19/h4-10H,1-3,11H2,(H,29,32)(H2,33,34,35). The Morgan fingerprint density at radius 3 is 2.47 bits per heavy atom. The molecule has 0 unspecified atom stereocenters. The Labute approximate surface area is 216 Å². The minimum atomic E-state index is -4.87. The zero-order chi connectivity index (χ0) is 27.8. The molecular formula is C23H18ClF4N2O7P. The van der Waals surface area contributed by atoms with Crippen molar-refractivity contribution in [2.24, 2.45) is 0 Å². The maximum Gasteiger partial charge on any atom is 0.471 e. The van der Waals surface area contributed by atoms with E-state index in [1.165, 1.54) is 12.1 Å². The number of benzene rings is 2. The molecule has 3 N–H and O–H groups in total. The lowest BCUT2D eigenvalue weighted by Gasteiger charge is -2.18.